The van der Waals surface area contributed by atoms with Crippen LogP contribution in [0.15, 0.2) is 0 Å². The lowest BCUT2D eigenvalue weighted by Crippen LogP contribution is -2.15. The Labute approximate surface area is 91.3 Å². The standard InChI is InChI=1S/C9H11IO3/c10-6-3-7-12-9(11)13-8-4-1-2-5-8/h8H,1-2,4-5,7H2. The van der Waals surface area contributed by atoms with E-state index in [1.165, 1.54) is 0 Å². The molecular weight excluding hydrogens is 283 g/mol. The molecule has 0 unspecified atom stereocenters. The highest BCUT2D eigenvalue weighted by Crippen LogP contribution is 2.21. The maximum absolute atomic E-state index is 11.0. The molecule has 0 saturated heterocycles. The molecular formula is C9H11IO3. The van der Waals surface area contributed by atoms with Crippen LogP contribution in [0, 0.1) is 9.85 Å². The minimum Gasteiger partial charge on any atom is -0.431 e. The summed E-state index contributed by atoms with van der Waals surface area (Å²) in [5.41, 5.74) is 0. The van der Waals surface area contributed by atoms with Crippen LogP contribution in [0.2, 0.25) is 0 Å². The van der Waals surface area contributed by atoms with Gasteiger partial charge in [-0.1, -0.05) is 5.92 Å². The SMILES string of the molecule is O=C(OCC#CI)OC1CCCC1. The topological polar surface area (TPSA) is 35.5 Å². The van der Waals surface area contributed by atoms with E-state index in [1.54, 1.807) is 0 Å². The fourth-order valence-corrected chi connectivity index (χ4v) is 1.45. The Morgan fingerprint density at radius 3 is 2.77 bits per heavy atom. The molecule has 0 aromatic heterocycles. The third kappa shape index (κ3) is 4.36. The summed E-state index contributed by atoms with van der Waals surface area (Å²) in [6.07, 6.45) is 3.70. The number of hydrogen-bond donors (Lipinski definition) is 0. The van der Waals surface area contributed by atoms with E-state index < -0.39 is 6.16 Å². The molecule has 4 heteroatoms. The van der Waals surface area contributed by atoms with Gasteiger partial charge >= 0.3 is 6.16 Å². The highest BCUT2D eigenvalue weighted by Gasteiger charge is 2.19. The van der Waals surface area contributed by atoms with Gasteiger partial charge in [-0.25, -0.2) is 4.79 Å². The minimum atomic E-state index is -0.592. The van der Waals surface area contributed by atoms with Gasteiger partial charge in [0.15, 0.2) is 6.61 Å². The van der Waals surface area contributed by atoms with Gasteiger partial charge in [-0.3, -0.25) is 0 Å². The first kappa shape index (κ1) is 10.6. The van der Waals surface area contributed by atoms with Crippen molar-refractivity contribution in [3.05, 3.63) is 0 Å². The van der Waals surface area contributed by atoms with Crippen molar-refractivity contribution in [2.24, 2.45) is 0 Å². The number of halogens is 1. The van der Waals surface area contributed by atoms with Gasteiger partial charge in [0.1, 0.15) is 6.10 Å². The Morgan fingerprint density at radius 2 is 2.15 bits per heavy atom. The lowest BCUT2D eigenvalue weighted by Gasteiger charge is -2.09. The summed E-state index contributed by atoms with van der Waals surface area (Å²) in [5.74, 6) is 2.62. The van der Waals surface area contributed by atoms with E-state index in [4.69, 9.17) is 9.47 Å². The molecule has 1 rings (SSSR count). The molecule has 0 aliphatic heterocycles. The van der Waals surface area contributed by atoms with Gasteiger partial charge in [-0.05, 0) is 29.6 Å². The van der Waals surface area contributed by atoms with E-state index in [0.29, 0.717) is 0 Å². The number of carbonyl (C=O) groups is 1. The smallest absolute Gasteiger partial charge is 0.431 e. The van der Waals surface area contributed by atoms with Gasteiger partial charge in [0.2, 0.25) is 0 Å². The van der Waals surface area contributed by atoms with E-state index in [1.807, 2.05) is 22.6 Å². The molecule has 1 fully saturated rings. The predicted molar refractivity (Wildman–Crippen MR) is 56.5 cm³/mol. The summed E-state index contributed by atoms with van der Waals surface area (Å²) < 4.78 is 12.3. The summed E-state index contributed by atoms with van der Waals surface area (Å²) in [6.45, 7) is 0.120. The number of rotatable bonds is 2. The summed E-state index contributed by atoms with van der Waals surface area (Å²) >= 11 is 1.89. The van der Waals surface area contributed by atoms with Crippen molar-refractivity contribution >= 4 is 28.7 Å². The van der Waals surface area contributed by atoms with Crippen molar-refractivity contribution in [3.8, 4) is 9.85 Å². The Kier molecular flexibility index (Phi) is 4.98. The molecule has 0 atom stereocenters. The molecule has 72 valence electrons. The molecule has 0 aromatic rings. The Hall–Kier alpha value is -0.440. The van der Waals surface area contributed by atoms with Crippen molar-refractivity contribution in [2.45, 2.75) is 31.8 Å². The Morgan fingerprint density at radius 1 is 1.46 bits per heavy atom. The zero-order valence-electron chi connectivity index (χ0n) is 7.22. The van der Waals surface area contributed by atoms with E-state index in [9.17, 15) is 4.79 Å². The van der Waals surface area contributed by atoms with Gasteiger partial charge in [0, 0.05) is 22.6 Å². The second-order valence-corrected chi connectivity index (χ2v) is 3.37. The van der Waals surface area contributed by atoms with Crippen LogP contribution in [0.25, 0.3) is 0 Å². The fourth-order valence-electron chi connectivity index (χ4n) is 1.30. The highest BCUT2D eigenvalue weighted by molar-refractivity contribution is 14.1. The van der Waals surface area contributed by atoms with Gasteiger partial charge in [-0.15, -0.1) is 0 Å². The summed E-state index contributed by atoms with van der Waals surface area (Å²) in [7, 11) is 0. The Bertz CT molecular complexity index is 223. The van der Waals surface area contributed by atoms with Crippen molar-refractivity contribution in [2.75, 3.05) is 6.61 Å². The first-order chi connectivity index (χ1) is 6.33. The van der Waals surface area contributed by atoms with Crippen LogP contribution in [0.3, 0.4) is 0 Å². The van der Waals surface area contributed by atoms with Crippen molar-refractivity contribution in [1.82, 2.24) is 0 Å². The maximum Gasteiger partial charge on any atom is 0.509 e. The summed E-state index contributed by atoms with van der Waals surface area (Å²) in [5, 5.41) is 0. The van der Waals surface area contributed by atoms with E-state index in [-0.39, 0.29) is 12.7 Å². The maximum atomic E-state index is 11.0. The molecule has 0 bridgehead atoms. The van der Waals surface area contributed by atoms with Gasteiger partial charge < -0.3 is 9.47 Å². The molecule has 0 spiro atoms. The van der Waals surface area contributed by atoms with Crippen LogP contribution in [-0.4, -0.2) is 18.9 Å². The minimum absolute atomic E-state index is 0.0695. The van der Waals surface area contributed by atoms with E-state index >= 15 is 0 Å². The average Bonchev–Trinajstić information content (AvgIpc) is 2.57. The first-order valence-corrected chi connectivity index (χ1v) is 5.32. The zero-order valence-corrected chi connectivity index (χ0v) is 9.37. The molecule has 0 radical (unpaired) electrons. The van der Waals surface area contributed by atoms with Crippen LogP contribution >= 0.6 is 22.6 Å². The molecule has 13 heavy (non-hydrogen) atoms. The Balaban J connectivity index is 2.11. The highest BCUT2D eigenvalue weighted by atomic mass is 127. The molecule has 0 heterocycles. The van der Waals surface area contributed by atoms with E-state index in [2.05, 4.69) is 9.85 Å². The number of ether oxygens (including phenoxy) is 2. The summed E-state index contributed by atoms with van der Waals surface area (Å²) in [6, 6.07) is 0. The first-order valence-electron chi connectivity index (χ1n) is 4.25. The third-order valence-corrected chi connectivity index (χ3v) is 2.28. The number of carbonyl (C=O) groups excluding carboxylic acids is 1. The van der Waals surface area contributed by atoms with Gasteiger partial charge in [0.25, 0.3) is 0 Å². The third-order valence-electron chi connectivity index (χ3n) is 1.89. The van der Waals surface area contributed by atoms with Crippen LogP contribution in [0.4, 0.5) is 4.79 Å². The van der Waals surface area contributed by atoms with Crippen molar-refractivity contribution < 1.29 is 14.3 Å². The monoisotopic (exact) mass is 294 g/mol. The largest absolute Gasteiger partial charge is 0.509 e. The average molecular weight is 294 g/mol. The molecule has 1 saturated carbocycles. The predicted octanol–water partition coefficient (Wildman–Crippen LogP) is 2.48. The lowest BCUT2D eigenvalue weighted by molar-refractivity contribution is 0.0330. The van der Waals surface area contributed by atoms with E-state index in [0.717, 1.165) is 25.7 Å². The molecule has 0 amide bonds. The van der Waals surface area contributed by atoms with Crippen LogP contribution < -0.4 is 0 Å². The van der Waals surface area contributed by atoms with Crippen LogP contribution in [0.1, 0.15) is 25.7 Å². The zero-order chi connectivity index (χ0) is 9.52. The summed E-state index contributed by atoms with van der Waals surface area (Å²) in [4.78, 5) is 11.0. The van der Waals surface area contributed by atoms with Crippen molar-refractivity contribution in [1.29, 1.82) is 0 Å². The molecule has 1 aliphatic rings. The van der Waals surface area contributed by atoms with Crippen molar-refractivity contribution in [3.63, 3.8) is 0 Å². The van der Waals surface area contributed by atoms with Gasteiger partial charge in [0.05, 0.1) is 0 Å². The number of hydrogen-bond acceptors (Lipinski definition) is 3. The molecule has 1 aliphatic carbocycles. The van der Waals surface area contributed by atoms with Crippen LogP contribution in [0.5, 0.6) is 0 Å². The second kappa shape index (κ2) is 6.08. The fraction of sp³-hybridized carbons (Fsp3) is 0.667. The molecule has 3 nitrogen and oxygen atoms in total. The molecule has 0 N–H and O–H groups in total. The molecule has 0 aromatic carbocycles. The quantitative estimate of drug-likeness (QED) is 0.446. The second-order valence-electron chi connectivity index (χ2n) is 2.83. The van der Waals surface area contributed by atoms with Gasteiger partial charge in [-0.2, -0.15) is 0 Å². The lowest BCUT2D eigenvalue weighted by atomic mass is 10.3. The van der Waals surface area contributed by atoms with Crippen LogP contribution in [-0.2, 0) is 9.47 Å². The normalized spacial score (nSPS) is 16.1.